The molecule has 0 unspecified atom stereocenters. The van der Waals surface area contributed by atoms with Crippen LogP contribution in [-0.2, 0) is 14.8 Å². The second kappa shape index (κ2) is 8.85. The van der Waals surface area contributed by atoms with Crippen molar-refractivity contribution in [1.29, 1.82) is 0 Å². The van der Waals surface area contributed by atoms with Crippen LogP contribution < -0.4 is 5.32 Å². The lowest BCUT2D eigenvalue weighted by Crippen LogP contribution is -2.49. The van der Waals surface area contributed by atoms with E-state index in [2.05, 4.69) is 15.4 Å². The lowest BCUT2D eigenvalue weighted by Gasteiger charge is -2.33. The quantitative estimate of drug-likeness (QED) is 0.443. The molecule has 1 atom stereocenters. The van der Waals surface area contributed by atoms with E-state index in [1.807, 2.05) is 0 Å². The number of pyridine rings is 1. The van der Waals surface area contributed by atoms with Gasteiger partial charge in [0.2, 0.25) is 15.9 Å². The number of carbonyl (C=O) groups excluding carboxylic acids is 1. The minimum absolute atomic E-state index is 0.0898. The van der Waals surface area contributed by atoms with Crippen LogP contribution >= 0.6 is 0 Å². The first-order valence-electron chi connectivity index (χ1n) is 9.89. The fraction of sp³-hybridized carbons (Fsp3) is 0.250. The molecular formula is C20H20N6O5S. The van der Waals surface area contributed by atoms with Gasteiger partial charge in [-0.3, -0.25) is 14.9 Å². The van der Waals surface area contributed by atoms with Crippen LogP contribution in [0.4, 0.5) is 11.4 Å². The highest BCUT2D eigenvalue weighted by Crippen LogP contribution is 2.27. The zero-order chi connectivity index (χ0) is 22.7. The second-order valence-electron chi connectivity index (χ2n) is 7.22. The van der Waals surface area contributed by atoms with Gasteiger partial charge in [0.05, 0.1) is 21.7 Å². The van der Waals surface area contributed by atoms with Crippen LogP contribution in [0.3, 0.4) is 0 Å². The first kappa shape index (κ1) is 21.6. The molecule has 11 nitrogen and oxygen atoms in total. The summed E-state index contributed by atoms with van der Waals surface area (Å²) in [4.78, 5) is 27.4. The summed E-state index contributed by atoms with van der Waals surface area (Å²) in [6, 6.07) is 8.88. The van der Waals surface area contributed by atoms with Crippen LogP contribution in [0.2, 0.25) is 0 Å². The summed E-state index contributed by atoms with van der Waals surface area (Å²) in [6.45, 7) is 0.188. The first-order valence-corrected chi connectivity index (χ1v) is 11.3. The predicted molar refractivity (Wildman–Crippen MR) is 115 cm³/mol. The molecule has 0 aliphatic carbocycles. The second-order valence-corrected chi connectivity index (χ2v) is 9.11. The lowest BCUT2D eigenvalue weighted by molar-refractivity contribution is -0.384. The van der Waals surface area contributed by atoms with Gasteiger partial charge in [0.1, 0.15) is 6.04 Å². The molecule has 3 heterocycles. The standard InChI is InChI=1S/C20H20N6O5S/c27-20(23-15-5-10-19(21-14-15)24-12-3-11-22-24)18-4-1-2-13-25(18)32(30,31)17-8-6-16(7-9-17)26(28)29/h3,5-12,14,18H,1-2,4,13H2,(H,23,27)/t18-/m0/s1. The topological polar surface area (TPSA) is 140 Å². The number of amides is 1. The van der Waals surface area contributed by atoms with Crippen molar-refractivity contribution in [2.45, 2.75) is 30.2 Å². The molecule has 1 aliphatic rings. The van der Waals surface area contributed by atoms with Gasteiger partial charge in [-0.1, -0.05) is 6.42 Å². The van der Waals surface area contributed by atoms with Gasteiger partial charge >= 0.3 is 0 Å². The average Bonchev–Trinajstić information content (AvgIpc) is 3.34. The van der Waals surface area contributed by atoms with Crippen LogP contribution in [0, 0.1) is 10.1 Å². The van der Waals surface area contributed by atoms with Gasteiger partial charge in [-0.05, 0) is 43.2 Å². The van der Waals surface area contributed by atoms with Crippen molar-refractivity contribution in [2.24, 2.45) is 0 Å². The number of nitro groups is 1. The molecule has 1 fully saturated rings. The van der Waals surface area contributed by atoms with E-state index in [1.165, 1.54) is 22.6 Å². The Morgan fingerprint density at radius 2 is 1.94 bits per heavy atom. The van der Waals surface area contributed by atoms with E-state index in [0.29, 0.717) is 30.8 Å². The minimum Gasteiger partial charge on any atom is -0.323 e. The Balaban J connectivity index is 1.52. The van der Waals surface area contributed by atoms with E-state index in [-0.39, 0.29) is 17.1 Å². The van der Waals surface area contributed by atoms with Gasteiger partial charge in [-0.2, -0.15) is 9.40 Å². The van der Waals surface area contributed by atoms with Crippen molar-refractivity contribution in [2.75, 3.05) is 11.9 Å². The number of non-ortho nitro benzene ring substituents is 1. The number of nitrogens with zero attached hydrogens (tertiary/aromatic N) is 5. The van der Waals surface area contributed by atoms with E-state index in [9.17, 15) is 23.3 Å². The van der Waals surface area contributed by atoms with Gasteiger partial charge in [0.25, 0.3) is 5.69 Å². The van der Waals surface area contributed by atoms with Crippen LogP contribution in [0.5, 0.6) is 0 Å². The minimum atomic E-state index is -4.00. The molecule has 0 radical (unpaired) electrons. The largest absolute Gasteiger partial charge is 0.323 e. The van der Waals surface area contributed by atoms with Crippen molar-refractivity contribution >= 4 is 27.3 Å². The number of benzene rings is 1. The molecule has 1 saturated heterocycles. The number of carbonyl (C=O) groups is 1. The molecule has 3 aromatic rings. The SMILES string of the molecule is O=C(Nc1ccc(-n2cccn2)nc1)[C@@H]1CCCCN1S(=O)(=O)c1ccc([N+](=O)[O-])cc1. The maximum Gasteiger partial charge on any atom is 0.269 e. The number of sulfonamides is 1. The molecule has 1 amide bonds. The first-order chi connectivity index (χ1) is 15.4. The van der Waals surface area contributed by atoms with E-state index >= 15 is 0 Å². The molecule has 0 saturated carbocycles. The molecule has 166 valence electrons. The highest BCUT2D eigenvalue weighted by atomic mass is 32.2. The number of hydrogen-bond donors (Lipinski definition) is 1. The van der Waals surface area contributed by atoms with Gasteiger partial charge in [-0.15, -0.1) is 0 Å². The third-order valence-electron chi connectivity index (χ3n) is 5.17. The Kier molecular flexibility index (Phi) is 5.97. The van der Waals surface area contributed by atoms with Gasteiger partial charge < -0.3 is 5.32 Å². The van der Waals surface area contributed by atoms with Crippen molar-refractivity contribution < 1.29 is 18.1 Å². The Labute approximate surface area is 183 Å². The lowest BCUT2D eigenvalue weighted by atomic mass is 10.0. The predicted octanol–water partition coefficient (Wildman–Crippen LogP) is 2.36. The number of hydrogen-bond acceptors (Lipinski definition) is 7. The molecular weight excluding hydrogens is 436 g/mol. The van der Waals surface area contributed by atoms with Crippen molar-refractivity contribution in [1.82, 2.24) is 19.1 Å². The van der Waals surface area contributed by atoms with Gasteiger partial charge in [0.15, 0.2) is 5.82 Å². The fourth-order valence-corrected chi connectivity index (χ4v) is 5.21. The molecule has 1 N–H and O–H groups in total. The normalized spacial score (nSPS) is 17.1. The highest BCUT2D eigenvalue weighted by Gasteiger charge is 2.37. The molecule has 0 spiro atoms. The Hall–Kier alpha value is -3.64. The average molecular weight is 456 g/mol. The zero-order valence-electron chi connectivity index (χ0n) is 16.9. The van der Waals surface area contributed by atoms with Gasteiger partial charge in [-0.25, -0.2) is 18.1 Å². The van der Waals surface area contributed by atoms with Gasteiger partial charge in [0, 0.05) is 31.1 Å². The molecule has 2 aromatic heterocycles. The zero-order valence-corrected chi connectivity index (χ0v) is 17.7. The summed E-state index contributed by atoms with van der Waals surface area (Å²) in [6.07, 6.45) is 6.55. The Bertz CT molecular complexity index is 1210. The monoisotopic (exact) mass is 456 g/mol. The van der Waals surface area contributed by atoms with E-state index in [4.69, 9.17) is 0 Å². The number of nitrogens with one attached hydrogen (secondary N) is 1. The highest BCUT2D eigenvalue weighted by molar-refractivity contribution is 7.89. The fourth-order valence-electron chi connectivity index (χ4n) is 3.56. The van der Waals surface area contributed by atoms with Crippen molar-refractivity contribution in [3.05, 3.63) is 71.2 Å². The summed E-state index contributed by atoms with van der Waals surface area (Å²) in [5.74, 6) is 0.122. The number of piperidine rings is 1. The van der Waals surface area contributed by atoms with E-state index in [0.717, 1.165) is 12.1 Å². The molecule has 1 aliphatic heterocycles. The molecule has 32 heavy (non-hydrogen) atoms. The number of nitro benzene ring substituents is 1. The smallest absolute Gasteiger partial charge is 0.269 e. The van der Waals surface area contributed by atoms with E-state index in [1.54, 1.807) is 35.3 Å². The Morgan fingerprint density at radius 1 is 1.16 bits per heavy atom. The summed E-state index contributed by atoms with van der Waals surface area (Å²) >= 11 is 0. The number of aromatic nitrogens is 3. The van der Waals surface area contributed by atoms with Crippen molar-refractivity contribution in [3.8, 4) is 5.82 Å². The summed E-state index contributed by atoms with van der Waals surface area (Å²) in [7, 11) is -4.00. The maximum absolute atomic E-state index is 13.2. The van der Waals surface area contributed by atoms with Crippen LogP contribution in [-0.4, -0.2) is 50.9 Å². The van der Waals surface area contributed by atoms with Crippen LogP contribution in [0.15, 0.2) is 66.0 Å². The van der Waals surface area contributed by atoms with Crippen LogP contribution in [0.25, 0.3) is 5.82 Å². The third-order valence-corrected chi connectivity index (χ3v) is 7.09. The number of rotatable bonds is 6. The van der Waals surface area contributed by atoms with Crippen LogP contribution in [0.1, 0.15) is 19.3 Å². The summed E-state index contributed by atoms with van der Waals surface area (Å²) in [5.41, 5.74) is 0.229. The summed E-state index contributed by atoms with van der Waals surface area (Å²) < 4.78 is 29.1. The van der Waals surface area contributed by atoms with Crippen molar-refractivity contribution in [3.63, 3.8) is 0 Å². The van der Waals surface area contributed by atoms with E-state index < -0.39 is 26.9 Å². The number of anilines is 1. The third kappa shape index (κ3) is 4.36. The molecule has 12 heteroatoms. The summed E-state index contributed by atoms with van der Waals surface area (Å²) in [5, 5.41) is 17.7. The molecule has 4 rings (SSSR count). The molecule has 1 aromatic carbocycles. The molecule has 0 bridgehead atoms. The maximum atomic E-state index is 13.2. The Morgan fingerprint density at radius 3 is 2.56 bits per heavy atom.